The van der Waals surface area contributed by atoms with E-state index in [1.807, 2.05) is 24.3 Å². The molecule has 110 valence electrons. The molecule has 0 aromatic heterocycles. The van der Waals surface area contributed by atoms with Gasteiger partial charge in [-0.25, -0.2) is 0 Å². The van der Waals surface area contributed by atoms with Gasteiger partial charge in [-0.3, -0.25) is 4.99 Å². The first-order valence-electron chi connectivity index (χ1n) is 7.03. The highest BCUT2D eigenvalue weighted by atomic mass is 16.5. The minimum Gasteiger partial charge on any atom is -0.497 e. The van der Waals surface area contributed by atoms with E-state index in [1.165, 1.54) is 12.8 Å². The molecule has 0 aliphatic heterocycles. The predicted molar refractivity (Wildman–Crippen MR) is 80.6 cm³/mol. The minimum atomic E-state index is 0.581. The van der Waals surface area contributed by atoms with Gasteiger partial charge in [-0.1, -0.05) is 6.07 Å². The van der Waals surface area contributed by atoms with Crippen molar-refractivity contribution >= 4 is 5.96 Å². The van der Waals surface area contributed by atoms with Crippen molar-refractivity contribution in [2.75, 3.05) is 33.9 Å². The van der Waals surface area contributed by atoms with Crippen LogP contribution >= 0.6 is 0 Å². The molecule has 2 rings (SSSR count). The SMILES string of the molecule is CN=C(NCCOc1cccc(OC)c1)NCC1CC1. The van der Waals surface area contributed by atoms with Crippen LogP contribution in [0.5, 0.6) is 11.5 Å². The molecule has 2 N–H and O–H groups in total. The van der Waals surface area contributed by atoms with E-state index < -0.39 is 0 Å². The Morgan fingerprint density at radius 2 is 2.10 bits per heavy atom. The summed E-state index contributed by atoms with van der Waals surface area (Å²) >= 11 is 0. The fourth-order valence-electron chi connectivity index (χ4n) is 1.81. The minimum absolute atomic E-state index is 0.581. The molecule has 1 aliphatic rings. The Bertz CT molecular complexity index is 444. The number of methoxy groups -OCH3 is 1. The van der Waals surface area contributed by atoms with Crippen LogP contribution in [0.1, 0.15) is 12.8 Å². The zero-order chi connectivity index (χ0) is 14.2. The molecule has 0 unspecified atom stereocenters. The van der Waals surface area contributed by atoms with Crippen molar-refractivity contribution in [2.24, 2.45) is 10.9 Å². The fourth-order valence-corrected chi connectivity index (χ4v) is 1.81. The molecule has 0 saturated heterocycles. The van der Waals surface area contributed by atoms with E-state index in [1.54, 1.807) is 14.2 Å². The molecule has 0 radical (unpaired) electrons. The van der Waals surface area contributed by atoms with Crippen LogP contribution in [0.15, 0.2) is 29.3 Å². The van der Waals surface area contributed by atoms with Crippen LogP contribution in [0.3, 0.4) is 0 Å². The zero-order valence-electron chi connectivity index (χ0n) is 12.2. The number of benzene rings is 1. The van der Waals surface area contributed by atoms with E-state index in [0.29, 0.717) is 13.2 Å². The van der Waals surface area contributed by atoms with Crippen molar-refractivity contribution in [3.05, 3.63) is 24.3 Å². The molecule has 0 bridgehead atoms. The van der Waals surface area contributed by atoms with Gasteiger partial charge < -0.3 is 20.1 Å². The number of ether oxygens (including phenoxy) is 2. The van der Waals surface area contributed by atoms with Crippen LogP contribution in [0.25, 0.3) is 0 Å². The topological polar surface area (TPSA) is 54.9 Å². The van der Waals surface area contributed by atoms with Crippen molar-refractivity contribution in [1.82, 2.24) is 10.6 Å². The molecule has 0 spiro atoms. The van der Waals surface area contributed by atoms with Crippen LogP contribution < -0.4 is 20.1 Å². The quantitative estimate of drug-likeness (QED) is 0.452. The van der Waals surface area contributed by atoms with E-state index >= 15 is 0 Å². The highest BCUT2D eigenvalue weighted by Crippen LogP contribution is 2.27. The Kier molecular flexibility index (Phi) is 5.53. The van der Waals surface area contributed by atoms with Crippen molar-refractivity contribution in [1.29, 1.82) is 0 Å². The van der Waals surface area contributed by atoms with Crippen LogP contribution in [0, 0.1) is 5.92 Å². The van der Waals surface area contributed by atoms with E-state index in [0.717, 1.165) is 29.9 Å². The second kappa shape index (κ2) is 7.62. The highest BCUT2D eigenvalue weighted by Gasteiger charge is 2.20. The highest BCUT2D eigenvalue weighted by molar-refractivity contribution is 5.79. The van der Waals surface area contributed by atoms with Crippen LogP contribution in [0.2, 0.25) is 0 Å². The average molecular weight is 277 g/mol. The normalized spacial score (nSPS) is 14.8. The zero-order valence-corrected chi connectivity index (χ0v) is 12.2. The molecule has 0 amide bonds. The number of hydrogen-bond donors (Lipinski definition) is 2. The van der Waals surface area contributed by atoms with Crippen molar-refractivity contribution in [3.8, 4) is 11.5 Å². The van der Waals surface area contributed by atoms with Crippen LogP contribution in [0.4, 0.5) is 0 Å². The van der Waals surface area contributed by atoms with E-state index in [4.69, 9.17) is 9.47 Å². The number of nitrogens with one attached hydrogen (secondary N) is 2. The molecule has 1 aromatic carbocycles. The average Bonchev–Trinajstić information content (AvgIpc) is 3.31. The standard InChI is InChI=1S/C15H23N3O2/c1-16-15(18-11-12-6-7-12)17-8-9-20-14-5-3-4-13(10-14)19-2/h3-5,10,12H,6-9,11H2,1-2H3,(H2,16,17,18). The third kappa shape index (κ3) is 4.99. The van der Waals surface area contributed by atoms with Gasteiger partial charge in [0.1, 0.15) is 18.1 Å². The van der Waals surface area contributed by atoms with E-state index in [2.05, 4.69) is 15.6 Å². The molecule has 1 aliphatic carbocycles. The van der Waals surface area contributed by atoms with Crippen molar-refractivity contribution in [3.63, 3.8) is 0 Å². The number of hydrogen-bond acceptors (Lipinski definition) is 3. The molecule has 1 fully saturated rings. The largest absolute Gasteiger partial charge is 0.497 e. The predicted octanol–water partition coefficient (Wildman–Crippen LogP) is 1.65. The maximum atomic E-state index is 5.66. The lowest BCUT2D eigenvalue weighted by molar-refractivity contribution is 0.319. The Balaban J connectivity index is 1.64. The summed E-state index contributed by atoms with van der Waals surface area (Å²) in [5.74, 6) is 3.29. The molecule has 5 nitrogen and oxygen atoms in total. The summed E-state index contributed by atoms with van der Waals surface area (Å²) in [6.45, 7) is 2.30. The monoisotopic (exact) mass is 277 g/mol. The first-order valence-corrected chi connectivity index (χ1v) is 7.03. The van der Waals surface area contributed by atoms with Crippen LogP contribution in [-0.2, 0) is 0 Å². The lowest BCUT2D eigenvalue weighted by Crippen LogP contribution is -2.40. The number of nitrogens with zero attached hydrogens (tertiary/aromatic N) is 1. The molecule has 5 heteroatoms. The maximum Gasteiger partial charge on any atom is 0.191 e. The third-order valence-electron chi connectivity index (χ3n) is 3.18. The molecule has 1 aromatic rings. The Morgan fingerprint density at radius 1 is 1.30 bits per heavy atom. The van der Waals surface area contributed by atoms with Gasteiger partial charge in [-0.15, -0.1) is 0 Å². The number of guanidine groups is 1. The molecule has 0 heterocycles. The van der Waals surface area contributed by atoms with E-state index in [9.17, 15) is 0 Å². The van der Waals surface area contributed by atoms with Gasteiger partial charge >= 0.3 is 0 Å². The number of rotatable bonds is 7. The van der Waals surface area contributed by atoms with Gasteiger partial charge in [-0.05, 0) is 30.9 Å². The fraction of sp³-hybridized carbons (Fsp3) is 0.533. The summed E-state index contributed by atoms with van der Waals surface area (Å²) in [6, 6.07) is 7.61. The Morgan fingerprint density at radius 3 is 2.80 bits per heavy atom. The summed E-state index contributed by atoms with van der Waals surface area (Å²) in [4.78, 5) is 4.18. The molecular formula is C15H23N3O2. The van der Waals surface area contributed by atoms with Gasteiger partial charge in [0.2, 0.25) is 0 Å². The lowest BCUT2D eigenvalue weighted by atomic mass is 10.3. The summed E-state index contributed by atoms with van der Waals surface area (Å²) in [5, 5.41) is 6.55. The van der Waals surface area contributed by atoms with Gasteiger partial charge in [0.15, 0.2) is 5.96 Å². The van der Waals surface area contributed by atoms with Gasteiger partial charge in [0.25, 0.3) is 0 Å². The molecule has 20 heavy (non-hydrogen) atoms. The Labute approximate surface area is 120 Å². The smallest absolute Gasteiger partial charge is 0.191 e. The van der Waals surface area contributed by atoms with Crippen LogP contribution in [-0.4, -0.2) is 39.8 Å². The van der Waals surface area contributed by atoms with Gasteiger partial charge in [0.05, 0.1) is 13.7 Å². The summed E-state index contributed by atoms with van der Waals surface area (Å²) in [6.07, 6.45) is 2.67. The second-order valence-electron chi connectivity index (χ2n) is 4.85. The van der Waals surface area contributed by atoms with Gasteiger partial charge in [0, 0.05) is 19.7 Å². The Hall–Kier alpha value is -1.91. The lowest BCUT2D eigenvalue weighted by Gasteiger charge is -2.12. The first-order chi connectivity index (χ1) is 9.81. The van der Waals surface area contributed by atoms with E-state index in [-0.39, 0.29) is 0 Å². The van der Waals surface area contributed by atoms with Gasteiger partial charge in [-0.2, -0.15) is 0 Å². The summed E-state index contributed by atoms with van der Waals surface area (Å²) in [5.41, 5.74) is 0. The molecule has 1 saturated carbocycles. The summed E-state index contributed by atoms with van der Waals surface area (Å²) in [7, 11) is 3.43. The van der Waals surface area contributed by atoms with Crippen molar-refractivity contribution < 1.29 is 9.47 Å². The third-order valence-corrected chi connectivity index (χ3v) is 3.18. The van der Waals surface area contributed by atoms with Crippen molar-refractivity contribution in [2.45, 2.75) is 12.8 Å². The molecule has 0 atom stereocenters. The summed E-state index contributed by atoms with van der Waals surface area (Å²) < 4.78 is 10.8. The molecular weight excluding hydrogens is 254 g/mol. The first kappa shape index (κ1) is 14.5. The number of aliphatic imine (C=N–C) groups is 1. The maximum absolute atomic E-state index is 5.66. The second-order valence-corrected chi connectivity index (χ2v) is 4.85.